The van der Waals surface area contributed by atoms with Crippen LogP contribution in [0.1, 0.15) is 27.4 Å². The number of hydrogen-bond donors (Lipinski definition) is 2. The van der Waals surface area contributed by atoms with Crippen LogP contribution in [-0.4, -0.2) is 65.4 Å². The fourth-order valence-electron chi connectivity index (χ4n) is 3.98. The summed E-state index contributed by atoms with van der Waals surface area (Å²) < 4.78 is 16.8. The number of benzene rings is 1. The summed E-state index contributed by atoms with van der Waals surface area (Å²) in [5.74, 6) is 6.27. The molecule has 1 unspecified atom stereocenters. The van der Waals surface area contributed by atoms with Crippen molar-refractivity contribution >= 4 is 17.5 Å². The van der Waals surface area contributed by atoms with Gasteiger partial charge in [0.25, 0.3) is 11.8 Å². The largest absolute Gasteiger partial charge is 0.489 e. The number of ether oxygens (including phenoxy) is 3. The third-order valence-electron chi connectivity index (χ3n) is 6.15. The predicted molar refractivity (Wildman–Crippen MR) is 137 cm³/mol. The van der Waals surface area contributed by atoms with E-state index in [0.29, 0.717) is 28.5 Å². The lowest BCUT2D eigenvalue weighted by atomic mass is 10.0. The molecular weight excluding hydrogens is 488 g/mol. The van der Waals surface area contributed by atoms with Crippen molar-refractivity contribution in [3.8, 4) is 29.1 Å². The molecule has 10 nitrogen and oxygen atoms in total. The molecule has 3 aromatic rings. The van der Waals surface area contributed by atoms with Crippen molar-refractivity contribution in [3.05, 3.63) is 71.3 Å². The Balaban J connectivity index is 1.29. The zero-order valence-corrected chi connectivity index (χ0v) is 21.1. The molecule has 5 rings (SSSR count). The van der Waals surface area contributed by atoms with Gasteiger partial charge < -0.3 is 29.5 Å². The van der Waals surface area contributed by atoms with Gasteiger partial charge in [-0.05, 0) is 50.2 Å². The van der Waals surface area contributed by atoms with Gasteiger partial charge >= 0.3 is 0 Å². The van der Waals surface area contributed by atoms with E-state index in [1.165, 1.54) is 17.2 Å². The second-order valence-corrected chi connectivity index (χ2v) is 9.21. The monoisotopic (exact) mass is 514 g/mol. The van der Waals surface area contributed by atoms with Gasteiger partial charge in [-0.15, -0.1) is 0 Å². The topological polar surface area (TPSA) is 123 Å². The Bertz CT molecular complexity index is 1470. The highest BCUT2D eigenvalue weighted by atomic mass is 16.5. The van der Waals surface area contributed by atoms with Crippen LogP contribution in [0.3, 0.4) is 0 Å². The molecule has 0 radical (unpaired) electrons. The van der Waals surface area contributed by atoms with E-state index in [-0.39, 0.29) is 31.4 Å². The summed E-state index contributed by atoms with van der Waals surface area (Å²) in [6, 6.07) is 11.0. The van der Waals surface area contributed by atoms with E-state index >= 15 is 0 Å². The lowest BCUT2D eigenvalue weighted by molar-refractivity contribution is -0.140. The minimum atomic E-state index is -1.15. The van der Waals surface area contributed by atoms with Gasteiger partial charge in [-0.25, -0.2) is 0 Å². The Labute approximate surface area is 219 Å². The second-order valence-electron chi connectivity index (χ2n) is 9.21. The molecule has 38 heavy (non-hydrogen) atoms. The summed E-state index contributed by atoms with van der Waals surface area (Å²) in [4.78, 5) is 36.2. The van der Waals surface area contributed by atoms with Gasteiger partial charge in [0.2, 0.25) is 0 Å². The van der Waals surface area contributed by atoms with Crippen LogP contribution < -0.4 is 19.7 Å². The van der Waals surface area contributed by atoms with Crippen molar-refractivity contribution in [1.82, 2.24) is 15.3 Å². The summed E-state index contributed by atoms with van der Waals surface area (Å²) in [5.41, 5.74) is 1.65. The Morgan fingerprint density at radius 1 is 1.21 bits per heavy atom. The van der Waals surface area contributed by atoms with Crippen molar-refractivity contribution in [1.29, 1.82) is 0 Å². The highest BCUT2D eigenvalue weighted by molar-refractivity contribution is 6.03. The third-order valence-corrected chi connectivity index (χ3v) is 6.15. The first-order chi connectivity index (χ1) is 18.2. The molecule has 0 saturated carbocycles. The van der Waals surface area contributed by atoms with Crippen molar-refractivity contribution < 1.29 is 28.9 Å². The average molecular weight is 515 g/mol. The Morgan fingerprint density at radius 2 is 2.03 bits per heavy atom. The van der Waals surface area contributed by atoms with Crippen LogP contribution in [0.15, 0.2) is 48.7 Å². The smallest absolute Gasteiger partial charge is 0.270 e. The van der Waals surface area contributed by atoms with E-state index < -0.39 is 17.6 Å². The molecular formula is C28H26N4O6. The minimum absolute atomic E-state index is 0.0611. The molecule has 2 aliphatic heterocycles. The molecule has 1 saturated heterocycles. The Kier molecular flexibility index (Phi) is 6.72. The number of hydrogen-bond acceptors (Lipinski definition) is 8. The summed E-state index contributed by atoms with van der Waals surface area (Å²) in [7, 11) is 1.60. The molecule has 10 heteroatoms. The SMILES string of the molecule is Cc1ccc(Oc2ccnc(C(=O)NC3COc4ccc(C#CC5(O)COC5)cc4N(C)C3=O)c2)c(C)n1. The molecule has 2 aromatic heterocycles. The van der Waals surface area contributed by atoms with Gasteiger partial charge in [0.15, 0.2) is 5.60 Å². The number of nitrogens with one attached hydrogen (secondary N) is 1. The molecule has 1 atom stereocenters. The summed E-state index contributed by atoms with van der Waals surface area (Å²) >= 11 is 0. The number of anilines is 1. The normalized spacial score (nSPS) is 17.6. The number of aromatic nitrogens is 2. The summed E-state index contributed by atoms with van der Waals surface area (Å²) in [6.07, 6.45) is 1.46. The summed E-state index contributed by atoms with van der Waals surface area (Å²) in [5, 5.41) is 12.8. The van der Waals surface area contributed by atoms with Crippen LogP contribution in [0.4, 0.5) is 5.69 Å². The number of fused-ring (bicyclic) bond motifs is 1. The van der Waals surface area contributed by atoms with Crippen molar-refractivity contribution in [2.45, 2.75) is 25.5 Å². The van der Waals surface area contributed by atoms with Crippen LogP contribution in [0.5, 0.6) is 17.2 Å². The molecule has 194 valence electrons. The van der Waals surface area contributed by atoms with Crippen molar-refractivity contribution in [2.24, 2.45) is 0 Å². The fourth-order valence-corrected chi connectivity index (χ4v) is 3.98. The molecule has 2 N–H and O–H groups in total. The van der Waals surface area contributed by atoms with Crippen LogP contribution in [0.25, 0.3) is 0 Å². The summed E-state index contributed by atoms with van der Waals surface area (Å²) in [6.45, 7) is 4.00. The molecule has 2 aliphatic rings. The fraction of sp³-hybridized carbons (Fsp3) is 0.286. The number of pyridine rings is 2. The Hall–Kier alpha value is -4.46. The maximum absolute atomic E-state index is 13.2. The molecule has 0 aliphatic carbocycles. The second kappa shape index (κ2) is 10.1. The maximum Gasteiger partial charge on any atom is 0.270 e. The lowest BCUT2D eigenvalue weighted by Crippen LogP contribution is -2.49. The van der Waals surface area contributed by atoms with Gasteiger partial charge in [-0.1, -0.05) is 11.8 Å². The average Bonchev–Trinajstić information content (AvgIpc) is 3.00. The van der Waals surface area contributed by atoms with Crippen LogP contribution in [0, 0.1) is 25.7 Å². The van der Waals surface area contributed by atoms with E-state index in [4.69, 9.17) is 14.2 Å². The third kappa shape index (κ3) is 5.29. The molecule has 1 aromatic carbocycles. The van der Waals surface area contributed by atoms with Gasteiger partial charge in [0.05, 0.1) is 24.6 Å². The molecule has 0 bridgehead atoms. The Morgan fingerprint density at radius 3 is 2.76 bits per heavy atom. The zero-order chi connectivity index (χ0) is 26.9. The van der Waals surface area contributed by atoms with Gasteiger partial charge in [-0.3, -0.25) is 19.6 Å². The van der Waals surface area contributed by atoms with Crippen LogP contribution in [0.2, 0.25) is 0 Å². The quantitative estimate of drug-likeness (QED) is 0.508. The van der Waals surface area contributed by atoms with E-state index in [1.807, 2.05) is 26.0 Å². The number of aliphatic hydroxyl groups is 1. The van der Waals surface area contributed by atoms with Gasteiger partial charge in [0.1, 0.15) is 35.6 Å². The van der Waals surface area contributed by atoms with E-state index in [1.54, 1.807) is 31.3 Å². The van der Waals surface area contributed by atoms with Crippen molar-refractivity contribution in [3.63, 3.8) is 0 Å². The van der Waals surface area contributed by atoms with E-state index in [2.05, 4.69) is 27.1 Å². The zero-order valence-electron chi connectivity index (χ0n) is 21.1. The molecule has 1 fully saturated rings. The molecule has 2 amide bonds. The number of carbonyl (C=O) groups excluding carboxylic acids is 2. The van der Waals surface area contributed by atoms with Crippen LogP contribution >= 0.6 is 0 Å². The van der Waals surface area contributed by atoms with Gasteiger partial charge in [0, 0.05) is 30.6 Å². The highest BCUT2D eigenvalue weighted by Gasteiger charge is 2.34. The number of nitrogens with zero attached hydrogens (tertiary/aromatic N) is 3. The van der Waals surface area contributed by atoms with E-state index in [9.17, 15) is 14.7 Å². The number of likely N-dealkylation sites (N-methyl/N-ethyl adjacent to an activating group) is 1. The number of amides is 2. The van der Waals surface area contributed by atoms with Crippen LogP contribution in [-0.2, 0) is 9.53 Å². The first-order valence-corrected chi connectivity index (χ1v) is 12.0. The highest BCUT2D eigenvalue weighted by Crippen LogP contribution is 2.32. The number of rotatable bonds is 4. The molecule has 4 heterocycles. The number of aryl methyl sites for hydroxylation is 2. The first-order valence-electron chi connectivity index (χ1n) is 12.0. The molecule has 0 spiro atoms. The number of carbonyl (C=O) groups is 2. The maximum atomic E-state index is 13.2. The standard InChI is InChI=1S/C28H26N4O6/c1-17-4-6-24(18(2)30-17)38-20-9-11-29-21(13-20)26(33)31-22-14-37-25-7-5-19(8-10-28(35)15-36-16-28)12-23(25)32(3)27(22)34/h4-7,9,11-13,22,35H,14-16H2,1-3H3,(H,31,33). The lowest BCUT2D eigenvalue weighted by Gasteiger charge is -2.30. The van der Waals surface area contributed by atoms with E-state index in [0.717, 1.165) is 11.4 Å². The minimum Gasteiger partial charge on any atom is -0.489 e. The van der Waals surface area contributed by atoms with Crippen molar-refractivity contribution in [2.75, 3.05) is 31.8 Å². The van der Waals surface area contributed by atoms with Gasteiger partial charge in [-0.2, -0.15) is 0 Å². The first kappa shape index (κ1) is 25.2. The predicted octanol–water partition coefficient (Wildman–Crippen LogP) is 2.15.